The number of nitrogens with one attached hydrogen (secondary N) is 1. The molecule has 1 N–H and O–H groups in total. The monoisotopic (exact) mass is 167 g/mol. The van der Waals surface area contributed by atoms with Gasteiger partial charge < -0.3 is 5.32 Å². The van der Waals surface area contributed by atoms with E-state index in [1.807, 2.05) is 20.9 Å². The van der Waals surface area contributed by atoms with Gasteiger partial charge in [-0.1, -0.05) is 6.92 Å². The third-order valence-corrected chi connectivity index (χ3v) is 1.83. The number of amides is 1. The van der Waals surface area contributed by atoms with E-state index in [1.165, 1.54) is 0 Å². The summed E-state index contributed by atoms with van der Waals surface area (Å²) < 4.78 is 1.73. The lowest BCUT2D eigenvalue weighted by Gasteiger charge is -2.01. The molecule has 0 saturated heterocycles. The summed E-state index contributed by atoms with van der Waals surface area (Å²) in [6, 6.07) is 0. The highest BCUT2D eigenvalue weighted by Gasteiger charge is 2.05. The maximum Gasteiger partial charge on any atom is 0.224 e. The Kier molecular flexibility index (Phi) is 2.47. The Morgan fingerprint density at radius 3 is 2.83 bits per heavy atom. The molecule has 66 valence electrons. The van der Waals surface area contributed by atoms with Gasteiger partial charge in [0.25, 0.3) is 0 Å². The highest BCUT2D eigenvalue weighted by Crippen LogP contribution is 2.11. The molecule has 1 aromatic rings. The Labute approximate surface area is 71.6 Å². The molecule has 0 aromatic carbocycles. The molecule has 0 aliphatic carbocycles. The molecule has 1 aromatic heterocycles. The number of aromatic nitrogens is 2. The van der Waals surface area contributed by atoms with Crippen LogP contribution in [-0.2, 0) is 11.8 Å². The van der Waals surface area contributed by atoms with Gasteiger partial charge in [0.05, 0.1) is 17.6 Å². The van der Waals surface area contributed by atoms with Crippen molar-refractivity contribution in [2.75, 3.05) is 5.32 Å². The van der Waals surface area contributed by atoms with E-state index in [9.17, 15) is 4.79 Å². The van der Waals surface area contributed by atoms with Crippen LogP contribution in [0, 0.1) is 6.92 Å². The summed E-state index contributed by atoms with van der Waals surface area (Å²) in [7, 11) is 1.84. The lowest BCUT2D eigenvalue weighted by atomic mass is 10.3. The van der Waals surface area contributed by atoms with Crippen LogP contribution in [0.1, 0.15) is 19.0 Å². The van der Waals surface area contributed by atoms with Crippen LogP contribution in [0.25, 0.3) is 0 Å². The number of rotatable bonds is 2. The van der Waals surface area contributed by atoms with E-state index < -0.39 is 0 Å². The maximum atomic E-state index is 11.0. The van der Waals surface area contributed by atoms with Gasteiger partial charge in [0.2, 0.25) is 5.91 Å². The molecule has 0 aliphatic heterocycles. The van der Waals surface area contributed by atoms with Gasteiger partial charge in [-0.25, -0.2) is 0 Å². The van der Waals surface area contributed by atoms with Crippen LogP contribution in [0.15, 0.2) is 6.20 Å². The topological polar surface area (TPSA) is 46.9 Å². The van der Waals surface area contributed by atoms with Gasteiger partial charge in [-0.2, -0.15) is 5.10 Å². The van der Waals surface area contributed by atoms with Crippen molar-refractivity contribution in [3.63, 3.8) is 0 Å². The van der Waals surface area contributed by atoms with Crippen molar-refractivity contribution in [2.45, 2.75) is 20.3 Å². The van der Waals surface area contributed by atoms with Gasteiger partial charge in [0.15, 0.2) is 0 Å². The van der Waals surface area contributed by atoms with Crippen molar-refractivity contribution in [3.05, 3.63) is 11.9 Å². The van der Waals surface area contributed by atoms with E-state index >= 15 is 0 Å². The summed E-state index contributed by atoms with van der Waals surface area (Å²) in [5, 5.41) is 6.76. The lowest BCUT2D eigenvalue weighted by molar-refractivity contribution is -0.115. The van der Waals surface area contributed by atoms with Crippen LogP contribution in [-0.4, -0.2) is 15.7 Å². The van der Waals surface area contributed by atoms with Crippen LogP contribution in [0.4, 0.5) is 5.69 Å². The SMILES string of the molecule is CCC(=O)Nc1cnn(C)c1C. The van der Waals surface area contributed by atoms with Gasteiger partial charge in [-0.05, 0) is 6.92 Å². The number of nitrogens with zero attached hydrogens (tertiary/aromatic N) is 2. The average molecular weight is 167 g/mol. The van der Waals surface area contributed by atoms with E-state index in [2.05, 4.69) is 10.4 Å². The first kappa shape index (κ1) is 8.77. The zero-order chi connectivity index (χ0) is 9.14. The largest absolute Gasteiger partial charge is 0.323 e. The summed E-state index contributed by atoms with van der Waals surface area (Å²) in [5.74, 6) is 0.0195. The first-order valence-corrected chi connectivity index (χ1v) is 3.93. The number of carbonyl (C=O) groups excluding carboxylic acids is 1. The minimum atomic E-state index is 0.0195. The number of aryl methyl sites for hydroxylation is 1. The number of hydrogen-bond donors (Lipinski definition) is 1. The fourth-order valence-electron chi connectivity index (χ4n) is 0.860. The van der Waals surface area contributed by atoms with E-state index in [4.69, 9.17) is 0 Å². The van der Waals surface area contributed by atoms with Crippen molar-refractivity contribution in [3.8, 4) is 0 Å². The standard InChI is InChI=1S/C8H13N3O/c1-4-8(12)10-7-5-9-11(3)6(7)2/h5H,4H2,1-3H3,(H,10,12). The molecule has 1 amide bonds. The molecule has 0 aliphatic rings. The molecule has 0 unspecified atom stereocenters. The Balaban J connectivity index is 2.76. The summed E-state index contributed by atoms with van der Waals surface area (Å²) in [5.41, 5.74) is 1.76. The second-order valence-electron chi connectivity index (χ2n) is 2.67. The smallest absolute Gasteiger partial charge is 0.224 e. The third kappa shape index (κ3) is 1.64. The number of carbonyl (C=O) groups is 1. The van der Waals surface area contributed by atoms with Crippen LogP contribution < -0.4 is 5.32 Å². The van der Waals surface area contributed by atoms with Crippen LogP contribution >= 0.6 is 0 Å². The van der Waals surface area contributed by atoms with Gasteiger partial charge in [-0.3, -0.25) is 9.48 Å². The zero-order valence-electron chi connectivity index (χ0n) is 7.59. The summed E-state index contributed by atoms with van der Waals surface area (Å²) >= 11 is 0. The molecule has 0 spiro atoms. The summed E-state index contributed by atoms with van der Waals surface area (Å²) in [4.78, 5) is 11.0. The first-order chi connectivity index (χ1) is 5.65. The predicted molar refractivity (Wildman–Crippen MR) is 46.9 cm³/mol. The van der Waals surface area contributed by atoms with Crippen molar-refractivity contribution in [1.82, 2.24) is 9.78 Å². The van der Waals surface area contributed by atoms with Gasteiger partial charge >= 0.3 is 0 Å². The predicted octanol–water partition coefficient (Wildman–Crippen LogP) is 1.08. The molecule has 12 heavy (non-hydrogen) atoms. The van der Waals surface area contributed by atoms with Gasteiger partial charge in [0, 0.05) is 13.5 Å². The van der Waals surface area contributed by atoms with Gasteiger partial charge in [0.1, 0.15) is 0 Å². The van der Waals surface area contributed by atoms with E-state index in [0.29, 0.717) is 6.42 Å². The molecule has 4 nitrogen and oxygen atoms in total. The number of hydrogen-bond acceptors (Lipinski definition) is 2. The van der Waals surface area contributed by atoms with Crippen LogP contribution in [0.5, 0.6) is 0 Å². The third-order valence-electron chi connectivity index (χ3n) is 1.83. The Morgan fingerprint density at radius 1 is 1.75 bits per heavy atom. The molecule has 4 heteroatoms. The fourth-order valence-corrected chi connectivity index (χ4v) is 0.860. The molecule has 0 saturated carbocycles. The number of anilines is 1. The Hall–Kier alpha value is -1.32. The summed E-state index contributed by atoms with van der Waals surface area (Å²) in [6.07, 6.45) is 2.15. The Bertz CT molecular complexity index is 290. The fraction of sp³-hybridized carbons (Fsp3) is 0.500. The molecule has 1 rings (SSSR count). The molecule has 1 heterocycles. The van der Waals surface area contributed by atoms with Crippen LogP contribution in [0.2, 0.25) is 0 Å². The normalized spacial score (nSPS) is 9.92. The quantitative estimate of drug-likeness (QED) is 0.716. The Morgan fingerprint density at radius 2 is 2.42 bits per heavy atom. The second-order valence-corrected chi connectivity index (χ2v) is 2.67. The molecule has 0 atom stereocenters. The highest BCUT2D eigenvalue weighted by atomic mass is 16.1. The zero-order valence-corrected chi connectivity index (χ0v) is 7.59. The second kappa shape index (κ2) is 3.38. The minimum Gasteiger partial charge on any atom is -0.323 e. The van der Waals surface area contributed by atoms with Crippen molar-refractivity contribution >= 4 is 11.6 Å². The van der Waals surface area contributed by atoms with Crippen molar-refractivity contribution < 1.29 is 4.79 Å². The maximum absolute atomic E-state index is 11.0. The molecular formula is C8H13N3O. The van der Waals surface area contributed by atoms with Gasteiger partial charge in [-0.15, -0.1) is 0 Å². The van der Waals surface area contributed by atoms with E-state index in [-0.39, 0.29) is 5.91 Å². The highest BCUT2D eigenvalue weighted by molar-refractivity contribution is 5.90. The van der Waals surface area contributed by atoms with E-state index in [0.717, 1.165) is 11.4 Å². The average Bonchev–Trinajstić information content (AvgIpc) is 2.36. The van der Waals surface area contributed by atoms with E-state index in [1.54, 1.807) is 10.9 Å². The molecule has 0 bridgehead atoms. The molecule has 0 fully saturated rings. The van der Waals surface area contributed by atoms with Crippen molar-refractivity contribution in [1.29, 1.82) is 0 Å². The molecular weight excluding hydrogens is 154 g/mol. The molecule has 0 radical (unpaired) electrons. The minimum absolute atomic E-state index is 0.0195. The summed E-state index contributed by atoms with van der Waals surface area (Å²) in [6.45, 7) is 3.74. The van der Waals surface area contributed by atoms with Crippen LogP contribution in [0.3, 0.4) is 0 Å². The lowest BCUT2D eigenvalue weighted by Crippen LogP contribution is -2.10. The first-order valence-electron chi connectivity index (χ1n) is 3.93. The van der Waals surface area contributed by atoms with Crippen molar-refractivity contribution in [2.24, 2.45) is 7.05 Å².